The van der Waals surface area contributed by atoms with Crippen LogP contribution in [0.5, 0.6) is 0 Å². The van der Waals surface area contributed by atoms with Crippen LogP contribution in [0.3, 0.4) is 0 Å². The Hall–Kier alpha value is 0.270. The lowest BCUT2D eigenvalue weighted by Gasteiger charge is -1.89. The molecule has 1 atom stereocenters. The maximum atomic E-state index is 4.80. The lowest BCUT2D eigenvalue weighted by atomic mass is 10.4. The van der Waals surface area contributed by atoms with E-state index in [4.69, 9.17) is 4.18 Å². The van der Waals surface area contributed by atoms with E-state index >= 15 is 0 Å². The van der Waals surface area contributed by atoms with Crippen LogP contribution in [0, 0.1) is 6.92 Å². The summed E-state index contributed by atoms with van der Waals surface area (Å²) >= 11 is 1.27. The summed E-state index contributed by atoms with van der Waals surface area (Å²) in [7, 11) is 0. The molecule has 0 amide bonds. The van der Waals surface area contributed by atoms with Gasteiger partial charge in [-0.3, -0.25) is 4.18 Å². The predicted octanol–water partition coefficient (Wildman–Crippen LogP) is 0.372. The molecule has 1 aliphatic rings. The first-order valence-electron chi connectivity index (χ1n) is 1.76. The molecule has 3 heteroatoms. The molecule has 1 fully saturated rings. The maximum Gasteiger partial charge on any atom is 0.0793 e. The molecular formula is C3H6NOS. The van der Waals surface area contributed by atoms with Gasteiger partial charge in [0, 0.05) is 6.04 Å². The second kappa shape index (κ2) is 1.82. The molecule has 0 aromatic rings. The molecular weight excluding hydrogens is 98.1 g/mol. The highest BCUT2D eigenvalue weighted by molar-refractivity contribution is 7.92. The monoisotopic (exact) mass is 104 g/mol. The molecule has 1 aliphatic heterocycles. The Balaban J connectivity index is 2.18. The van der Waals surface area contributed by atoms with Crippen LogP contribution in [-0.2, 0) is 4.18 Å². The summed E-state index contributed by atoms with van der Waals surface area (Å²) in [6.07, 6.45) is 0. The Kier molecular flexibility index (Phi) is 1.34. The first-order valence-corrected chi connectivity index (χ1v) is 2.51. The second-order valence-corrected chi connectivity index (χ2v) is 1.82. The van der Waals surface area contributed by atoms with E-state index in [-0.39, 0.29) is 6.04 Å². The van der Waals surface area contributed by atoms with E-state index in [1.807, 2.05) is 0 Å². The molecule has 0 spiro atoms. The van der Waals surface area contributed by atoms with Crippen molar-refractivity contribution in [2.75, 3.05) is 6.61 Å². The quantitative estimate of drug-likeness (QED) is 0.354. The Morgan fingerprint density at radius 2 is 2.83 bits per heavy atom. The fraction of sp³-hybridized carbons (Fsp3) is 0.667. The van der Waals surface area contributed by atoms with Crippen molar-refractivity contribution in [3.8, 4) is 0 Å². The van der Waals surface area contributed by atoms with Crippen LogP contribution < -0.4 is 4.72 Å². The van der Waals surface area contributed by atoms with E-state index in [2.05, 4.69) is 11.6 Å². The van der Waals surface area contributed by atoms with Crippen molar-refractivity contribution < 1.29 is 4.18 Å². The van der Waals surface area contributed by atoms with Crippen molar-refractivity contribution >= 4 is 12.2 Å². The van der Waals surface area contributed by atoms with Crippen LogP contribution in [0.2, 0.25) is 0 Å². The van der Waals surface area contributed by atoms with E-state index in [1.165, 1.54) is 12.2 Å². The van der Waals surface area contributed by atoms with Crippen molar-refractivity contribution in [1.29, 1.82) is 0 Å². The van der Waals surface area contributed by atoms with Gasteiger partial charge in [-0.2, -0.15) is 0 Å². The van der Waals surface area contributed by atoms with Gasteiger partial charge in [0.1, 0.15) is 0 Å². The van der Waals surface area contributed by atoms with E-state index in [1.54, 1.807) is 0 Å². The average Bonchev–Trinajstić information content (AvgIpc) is 1.86. The Morgan fingerprint density at radius 1 is 2.00 bits per heavy atom. The van der Waals surface area contributed by atoms with E-state index in [9.17, 15) is 0 Å². The molecule has 0 aromatic carbocycles. The Labute approximate surface area is 41.6 Å². The zero-order valence-corrected chi connectivity index (χ0v) is 4.12. The molecule has 0 saturated carbocycles. The van der Waals surface area contributed by atoms with Crippen molar-refractivity contribution in [1.82, 2.24) is 4.72 Å². The number of hydrogen-bond donors (Lipinski definition) is 1. The van der Waals surface area contributed by atoms with Crippen LogP contribution in [0.25, 0.3) is 0 Å². The number of rotatable bonds is 0. The molecule has 2 nitrogen and oxygen atoms in total. The lowest BCUT2D eigenvalue weighted by molar-refractivity contribution is 0.391. The topological polar surface area (TPSA) is 21.3 Å². The highest BCUT2D eigenvalue weighted by atomic mass is 32.2. The smallest absolute Gasteiger partial charge is 0.0793 e. The van der Waals surface area contributed by atoms with Gasteiger partial charge < -0.3 is 0 Å². The molecule has 6 heavy (non-hydrogen) atoms. The van der Waals surface area contributed by atoms with Crippen molar-refractivity contribution in [3.05, 3.63) is 6.92 Å². The molecule has 1 saturated heterocycles. The zero-order chi connectivity index (χ0) is 4.41. The fourth-order valence-corrected chi connectivity index (χ4v) is 0.757. The molecule has 1 N–H and O–H groups in total. The van der Waals surface area contributed by atoms with Crippen molar-refractivity contribution in [2.45, 2.75) is 6.04 Å². The average molecular weight is 104 g/mol. The van der Waals surface area contributed by atoms with Gasteiger partial charge in [-0.15, -0.1) is 0 Å². The third kappa shape index (κ3) is 0.864. The summed E-state index contributed by atoms with van der Waals surface area (Å²) in [4.78, 5) is 0. The Bertz CT molecular complexity index is 44.1. The number of hydrogen-bond acceptors (Lipinski definition) is 3. The van der Waals surface area contributed by atoms with Gasteiger partial charge in [0.25, 0.3) is 0 Å². The first-order chi connectivity index (χ1) is 2.89. The highest BCUT2D eigenvalue weighted by Gasteiger charge is 2.07. The van der Waals surface area contributed by atoms with Crippen LogP contribution >= 0.6 is 12.2 Å². The minimum Gasteiger partial charge on any atom is -0.300 e. The minimum absolute atomic E-state index is 0.287. The van der Waals surface area contributed by atoms with Crippen molar-refractivity contribution in [3.63, 3.8) is 0 Å². The molecule has 1 rings (SSSR count). The van der Waals surface area contributed by atoms with E-state index in [0.717, 1.165) is 6.61 Å². The summed E-state index contributed by atoms with van der Waals surface area (Å²) in [6, 6.07) is 0.287. The van der Waals surface area contributed by atoms with Gasteiger partial charge >= 0.3 is 0 Å². The summed E-state index contributed by atoms with van der Waals surface area (Å²) in [5.41, 5.74) is 0. The van der Waals surface area contributed by atoms with Gasteiger partial charge in [0.15, 0.2) is 0 Å². The zero-order valence-electron chi connectivity index (χ0n) is 3.31. The number of nitrogens with one attached hydrogen (secondary N) is 1. The molecule has 1 unspecified atom stereocenters. The van der Waals surface area contributed by atoms with Gasteiger partial charge in [0.05, 0.1) is 18.8 Å². The van der Waals surface area contributed by atoms with Gasteiger partial charge in [-0.1, -0.05) is 0 Å². The van der Waals surface area contributed by atoms with Crippen LogP contribution in [-0.4, -0.2) is 12.6 Å². The molecule has 1 heterocycles. The van der Waals surface area contributed by atoms with E-state index < -0.39 is 0 Å². The summed E-state index contributed by atoms with van der Waals surface area (Å²) < 4.78 is 7.70. The molecule has 35 valence electrons. The predicted molar refractivity (Wildman–Crippen MR) is 25.8 cm³/mol. The third-order valence-corrected chi connectivity index (χ3v) is 1.23. The fourth-order valence-electron chi connectivity index (χ4n) is 0.252. The summed E-state index contributed by atoms with van der Waals surface area (Å²) in [5.74, 6) is 0. The lowest BCUT2D eigenvalue weighted by Crippen LogP contribution is -2.14. The maximum absolute atomic E-state index is 4.80. The summed E-state index contributed by atoms with van der Waals surface area (Å²) in [5, 5.41) is 0. The molecule has 0 bridgehead atoms. The first kappa shape index (κ1) is 4.43. The third-order valence-electron chi connectivity index (χ3n) is 0.543. The summed E-state index contributed by atoms with van der Waals surface area (Å²) in [6.45, 7) is 4.41. The molecule has 1 radical (unpaired) electrons. The van der Waals surface area contributed by atoms with Crippen LogP contribution in [0.4, 0.5) is 0 Å². The van der Waals surface area contributed by atoms with Crippen LogP contribution in [0.1, 0.15) is 0 Å². The SMILES string of the molecule is [CH2]C1COSN1. The molecule has 0 aliphatic carbocycles. The Morgan fingerprint density at radius 3 is 3.00 bits per heavy atom. The second-order valence-electron chi connectivity index (χ2n) is 1.18. The van der Waals surface area contributed by atoms with Gasteiger partial charge in [-0.05, 0) is 6.92 Å². The highest BCUT2D eigenvalue weighted by Crippen LogP contribution is 2.06. The van der Waals surface area contributed by atoms with Crippen LogP contribution in [0.15, 0.2) is 0 Å². The van der Waals surface area contributed by atoms with Gasteiger partial charge in [0.2, 0.25) is 0 Å². The largest absolute Gasteiger partial charge is 0.300 e. The standard InChI is InChI=1S/C3H6NOS/c1-3-2-5-6-4-3/h3-4H,1-2H2. The van der Waals surface area contributed by atoms with Crippen molar-refractivity contribution in [2.24, 2.45) is 0 Å². The van der Waals surface area contributed by atoms with Gasteiger partial charge in [-0.25, -0.2) is 4.72 Å². The van der Waals surface area contributed by atoms with E-state index in [0.29, 0.717) is 0 Å². The normalized spacial score (nSPS) is 34.5. The minimum atomic E-state index is 0.287. The molecule has 0 aromatic heterocycles.